The van der Waals surface area contributed by atoms with Crippen LogP contribution in [0.5, 0.6) is 0 Å². The van der Waals surface area contributed by atoms with E-state index in [4.69, 9.17) is 0 Å². The molecule has 1 aliphatic heterocycles. The van der Waals surface area contributed by atoms with Crippen molar-refractivity contribution >= 4 is 11.8 Å². The van der Waals surface area contributed by atoms with Crippen LogP contribution in [0, 0.1) is 0 Å². The Morgan fingerprint density at radius 2 is 2.04 bits per heavy atom. The van der Waals surface area contributed by atoms with Gasteiger partial charge in [0.15, 0.2) is 5.69 Å². The Kier molecular flexibility index (Phi) is 5.96. The summed E-state index contributed by atoms with van der Waals surface area (Å²) in [7, 11) is 0. The first-order valence-electron chi connectivity index (χ1n) is 8.95. The summed E-state index contributed by atoms with van der Waals surface area (Å²) in [6.45, 7) is 4.68. The molecule has 1 aliphatic rings. The lowest BCUT2D eigenvalue weighted by atomic mass is 10.1. The number of piperidine rings is 1. The third-order valence-corrected chi connectivity index (χ3v) is 4.41. The van der Waals surface area contributed by atoms with Crippen molar-refractivity contribution in [2.75, 3.05) is 19.6 Å². The molecule has 1 fully saturated rings. The van der Waals surface area contributed by atoms with E-state index < -0.39 is 0 Å². The predicted octanol–water partition coefficient (Wildman–Crippen LogP) is 0.882. The lowest BCUT2D eigenvalue weighted by molar-refractivity contribution is 0.0943. The molecule has 1 saturated heterocycles. The number of benzene rings is 1. The van der Waals surface area contributed by atoms with E-state index in [-0.39, 0.29) is 11.8 Å². The molecule has 2 heterocycles. The first-order chi connectivity index (χ1) is 12.7. The minimum atomic E-state index is -0.270. The Morgan fingerprint density at radius 1 is 1.23 bits per heavy atom. The molecule has 1 aromatic carbocycles. The topological polar surface area (TPSA) is 101 Å². The Labute approximate surface area is 152 Å². The molecule has 0 unspecified atom stereocenters. The molecule has 138 valence electrons. The number of hydrogen-bond acceptors (Lipinski definition) is 5. The lowest BCUT2D eigenvalue weighted by Gasteiger charge is -2.22. The number of aromatic nitrogens is 3. The molecule has 0 spiro atoms. The monoisotopic (exact) mass is 356 g/mol. The fraction of sp³-hybridized carbons (Fsp3) is 0.444. The van der Waals surface area contributed by atoms with Gasteiger partial charge in [-0.25, -0.2) is 4.68 Å². The average Bonchev–Trinajstić information content (AvgIpc) is 3.17. The van der Waals surface area contributed by atoms with Crippen LogP contribution in [0.3, 0.4) is 0 Å². The number of nitrogens with zero attached hydrogens (tertiary/aromatic N) is 3. The van der Waals surface area contributed by atoms with Crippen LogP contribution in [0.25, 0.3) is 0 Å². The van der Waals surface area contributed by atoms with Gasteiger partial charge in [0.1, 0.15) is 0 Å². The third kappa shape index (κ3) is 4.45. The Bertz CT molecular complexity index is 767. The van der Waals surface area contributed by atoms with Crippen molar-refractivity contribution in [2.24, 2.45) is 0 Å². The minimum Gasteiger partial charge on any atom is -0.352 e. The summed E-state index contributed by atoms with van der Waals surface area (Å²) in [5, 5.41) is 17.0. The molecule has 0 radical (unpaired) electrons. The Balaban J connectivity index is 1.58. The lowest BCUT2D eigenvalue weighted by Crippen LogP contribution is -2.29. The molecule has 2 aromatic rings. The molecule has 2 amide bonds. The van der Waals surface area contributed by atoms with Crippen LogP contribution in [0.15, 0.2) is 30.5 Å². The van der Waals surface area contributed by atoms with Gasteiger partial charge >= 0.3 is 0 Å². The van der Waals surface area contributed by atoms with E-state index >= 15 is 0 Å². The number of nitrogens with one attached hydrogen (secondary N) is 3. The van der Waals surface area contributed by atoms with Gasteiger partial charge in [0, 0.05) is 18.7 Å². The van der Waals surface area contributed by atoms with E-state index in [2.05, 4.69) is 26.3 Å². The average molecular weight is 356 g/mol. The highest BCUT2D eigenvalue weighted by atomic mass is 16.2. The van der Waals surface area contributed by atoms with Gasteiger partial charge in [-0.2, -0.15) is 0 Å². The summed E-state index contributed by atoms with van der Waals surface area (Å²) in [4.78, 5) is 24.2. The quantitative estimate of drug-likeness (QED) is 0.713. The highest BCUT2D eigenvalue weighted by Crippen LogP contribution is 2.17. The molecule has 8 nitrogen and oxygen atoms in total. The van der Waals surface area contributed by atoms with Gasteiger partial charge in [-0.1, -0.05) is 17.3 Å². The number of amides is 2. The second-order valence-corrected chi connectivity index (χ2v) is 6.31. The number of carbonyl (C=O) groups excluding carboxylic acids is 2. The largest absolute Gasteiger partial charge is 0.352 e. The van der Waals surface area contributed by atoms with E-state index in [1.54, 1.807) is 29.1 Å². The molecular formula is C18H24N6O2. The molecular weight excluding hydrogens is 332 g/mol. The smallest absolute Gasteiger partial charge is 0.273 e. The molecule has 3 N–H and O–H groups in total. The van der Waals surface area contributed by atoms with Crippen molar-refractivity contribution < 1.29 is 9.59 Å². The highest BCUT2D eigenvalue weighted by molar-refractivity contribution is 5.94. The number of hydrogen-bond donors (Lipinski definition) is 3. The van der Waals surface area contributed by atoms with Crippen molar-refractivity contribution in [2.45, 2.75) is 32.4 Å². The van der Waals surface area contributed by atoms with Gasteiger partial charge in [0.05, 0.1) is 12.2 Å². The molecule has 0 saturated carbocycles. The van der Waals surface area contributed by atoms with E-state index in [1.165, 1.54) is 0 Å². The van der Waals surface area contributed by atoms with E-state index in [0.717, 1.165) is 31.5 Å². The first-order valence-corrected chi connectivity index (χ1v) is 8.95. The maximum atomic E-state index is 12.3. The van der Waals surface area contributed by atoms with Crippen LogP contribution >= 0.6 is 0 Å². The molecule has 8 heteroatoms. The molecule has 1 aromatic heterocycles. The second-order valence-electron chi connectivity index (χ2n) is 6.31. The molecule has 3 rings (SSSR count). The summed E-state index contributed by atoms with van der Waals surface area (Å²) in [5.41, 5.74) is 1.74. The highest BCUT2D eigenvalue weighted by Gasteiger charge is 2.18. The summed E-state index contributed by atoms with van der Waals surface area (Å²) < 4.78 is 1.78. The SMILES string of the molecule is CCNC(=O)c1cccc(CNC(=O)c2cn(C3CCNCC3)nn2)c1. The van der Waals surface area contributed by atoms with Gasteiger partial charge in [0.25, 0.3) is 11.8 Å². The van der Waals surface area contributed by atoms with Crippen molar-refractivity contribution in [3.05, 3.63) is 47.3 Å². The number of carbonyl (C=O) groups is 2. The van der Waals surface area contributed by atoms with Gasteiger partial charge < -0.3 is 16.0 Å². The Hall–Kier alpha value is -2.74. The van der Waals surface area contributed by atoms with Crippen LogP contribution in [-0.4, -0.2) is 46.4 Å². The fourth-order valence-electron chi connectivity index (χ4n) is 2.99. The maximum absolute atomic E-state index is 12.3. The van der Waals surface area contributed by atoms with E-state index in [1.807, 2.05) is 13.0 Å². The van der Waals surface area contributed by atoms with Crippen molar-refractivity contribution in [1.82, 2.24) is 30.9 Å². The van der Waals surface area contributed by atoms with Crippen LogP contribution in [0.2, 0.25) is 0 Å². The Morgan fingerprint density at radius 3 is 2.81 bits per heavy atom. The zero-order chi connectivity index (χ0) is 18.4. The van der Waals surface area contributed by atoms with Gasteiger partial charge in [-0.05, 0) is 50.6 Å². The van der Waals surface area contributed by atoms with E-state index in [0.29, 0.717) is 30.4 Å². The molecule has 0 aliphatic carbocycles. The van der Waals surface area contributed by atoms with Gasteiger partial charge in [-0.3, -0.25) is 9.59 Å². The van der Waals surface area contributed by atoms with Crippen molar-refractivity contribution in [3.8, 4) is 0 Å². The maximum Gasteiger partial charge on any atom is 0.273 e. The van der Waals surface area contributed by atoms with Crippen molar-refractivity contribution in [3.63, 3.8) is 0 Å². The van der Waals surface area contributed by atoms with Crippen LogP contribution in [0.1, 0.15) is 52.2 Å². The van der Waals surface area contributed by atoms with Gasteiger partial charge in [-0.15, -0.1) is 5.10 Å². The number of rotatable bonds is 6. The molecule has 26 heavy (non-hydrogen) atoms. The standard InChI is InChI=1S/C18H24N6O2/c1-2-20-17(25)14-5-3-4-13(10-14)11-21-18(26)16-12-24(23-22-16)15-6-8-19-9-7-15/h3-5,10,12,15,19H,2,6-9,11H2,1H3,(H,20,25)(H,21,26). The summed E-state index contributed by atoms with van der Waals surface area (Å²) in [5.74, 6) is -0.390. The van der Waals surface area contributed by atoms with Crippen LogP contribution < -0.4 is 16.0 Å². The minimum absolute atomic E-state index is 0.120. The predicted molar refractivity (Wildman–Crippen MR) is 96.8 cm³/mol. The zero-order valence-electron chi connectivity index (χ0n) is 14.9. The summed E-state index contributed by atoms with van der Waals surface area (Å²) >= 11 is 0. The van der Waals surface area contributed by atoms with Gasteiger partial charge in [0.2, 0.25) is 0 Å². The van der Waals surface area contributed by atoms with E-state index in [9.17, 15) is 9.59 Å². The second kappa shape index (κ2) is 8.57. The fourth-order valence-corrected chi connectivity index (χ4v) is 2.99. The molecule has 0 atom stereocenters. The summed E-state index contributed by atoms with van der Waals surface area (Å²) in [6.07, 6.45) is 3.67. The molecule has 0 bridgehead atoms. The first kappa shape index (κ1) is 18.1. The summed E-state index contributed by atoms with van der Waals surface area (Å²) in [6, 6.07) is 7.49. The van der Waals surface area contributed by atoms with Crippen LogP contribution in [0.4, 0.5) is 0 Å². The van der Waals surface area contributed by atoms with Crippen LogP contribution in [-0.2, 0) is 6.54 Å². The zero-order valence-corrected chi connectivity index (χ0v) is 14.9. The van der Waals surface area contributed by atoms with Crippen molar-refractivity contribution in [1.29, 1.82) is 0 Å². The normalized spacial score (nSPS) is 14.8. The third-order valence-electron chi connectivity index (χ3n) is 4.41.